The zero-order valence-electron chi connectivity index (χ0n) is 12.6. The average Bonchev–Trinajstić information content (AvgIpc) is 2.47. The van der Waals surface area contributed by atoms with Gasteiger partial charge in [-0.1, -0.05) is 31.2 Å². The summed E-state index contributed by atoms with van der Waals surface area (Å²) in [7, 11) is 0. The van der Waals surface area contributed by atoms with E-state index in [0.717, 1.165) is 12.5 Å². The predicted molar refractivity (Wildman–Crippen MR) is 84.0 cm³/mol. The first-order valence-corrected chi connectivity index (χ1v) is 8.06. The second kappa shape index (κ2) is 6.25. The van der Waals surface area contributed by atoms with Gasteiger partial charge in [-0.05, 0) is 24.0 Å². The molecule has 1 aliphatic heterocycles. The first-order chi connectivity index (χ1) is 9.81. The van der Waals surface area contributed by atoms with Crippen molar-refractivity contribution in [3.8, 4) is 0 Å². The van der Waals surface area contributed by atoms with Crippen LogP contribution in [-0.4, -0.2) is 55.1 Å². The van der Waals surface area contributed by atoms with E-state index >= 15 is 0 Å². The van der Waals surface area contributed by atoms with Crippen LogP contribution in [0.15, 0.2) is 24.3 Å². The Balaban J connectivity index is 1.48. The maximum Gasteiger partial charge on any atom is 0.0216 e. The Morgan fingerprint density at radius 2 is 1.95 bits per heavy atom. The third-order valence-electron chi connectivity index (χ3n) is 5.11. The molecule has 3 rings (SSSR count). The van der Waals surface area contributed by atoms with Gasteiger partial charge in [0.05, 0.1) is 0 Å². The molecule has 1 aliphatic carbocycles. The number of hydrogen-bond acceptors (Lipinski definition) is 3. The van der Waals surface area contributed by atoms with Gasteiger partial charge in [0.2, 0.25) is 0 Å². The fourth-order valence-electron chi connectivity index (χ4n) is 3.72. The van der Waals surface area contributed by atoms with Crippen LogP contribution >= 0.6 is 0 Å². The Labute approximate surface area is 122 Å². The fourth-order valence-corrected chi connectivity index (χ4v) is 3.72. The van der Waals surface area contributed by atoms with E-state index in [1.807, 2.05) is 0 Å². The number of benzene rings is 1. The van der Waals surface area contributed by atoms with Gasteiger partial charge >= 0.3 is 0 Å². The van der Waals surface area contributed by atoms with Gasteiger partial charge in [0.15, 0.2) is 0 Å². The number of fused-ring (bicyclic) bond motifs is 1. The molecule has 1 fully saturated rings. The first kappa shape index (κ1) is 14.1. The Morgan fingerprint density at radius 1 is 1.20 bits per heavy atom. The minimum absolute atomic E-state index is 0.585. The van der Waals surface area contributed by atoms with Crippen molar-refractivity contribution in [1.29, 1.82) is 0 Å². The Bertz CT molecular complexity index is 434. The largest absolute Gasteiger partial charge is 0.329 e. The van der Waals surface area contributed by atoms with Gasteiger partial charge in [-0.25, -0.2) is 0 Å². The molecule has 0 aromatic heterocycles. The first-order valence-electron chi connectivity index (χ1n) is 8.06. The zero-order valence-corrected chi connectivity index (χ0v) is 12.6. The number of hydrogen-bond donors (Lipinski definition) is 1. The van der Waals surface area contributed by atoms with Crippen molar-refractivity contribution < 1.29 is 0 Å². The monoisotopic (exact) mass is 273 g/mol. The van der Waals surface area contributed by atoms with Gasteiger partial charge in [-0.2, -0.15) is 0 Å². The standard InChI is InChI=1S/C17H27N3/c1-2-16(12-18)20-9-7-19(8-10-20)13-15-11-14-5-3-4-6-17(14)15/h3-6,15-16H,2,7-13,18H2,1H3. The van der Waals surface area contributed by atoms with Crippen molar-refractivity contribution in [2.24, 2.45) is 5.73 Å². The molecule has 3 heteroatoms. The maximum atomic E-state index is 5.86. The molecule has 20 heavy (non-hydrogen) atoms. The molecule has 0 bridgehead atoms. The molecule has 0 radical (unpaired) electrons. The fraction of sp³-hybridized carbons (Fsp3) is 0.647. The van der Waals surface area contributed by atoms with Gasteiger partial charge in [-0.15, -0.1) is 0 Å². The quantitative estimate of drug-likeness (QED) is 0.886. The zero-order chi connectivity index (χ0) is 13.9. The highest BCUT2D eigenvalue weighted by Gasteiger charge is 2.29. The summed E-state index contributed by atoms with van der Waals surface area (Å²) in [6.07, 6.45) is 2.45. The average molecular weight is 273 g/mol. The number of piperazine rings is 1. The molecule has 2 N–H and O–H groups in total. The van der Waals surface area contributed by atoms with Gasteiger partial charge in [0, 0.05) is 51.2 Å². The van der Waals surface area contributed by atoms with Crippen LogP contribution in [0.5, 0.6) is 0 Å². The lowest BCUT2D eigenvalue weighted by Gasteiger charge is -2.41. The van der Waals surface area contributed by atoms with E-state index in [2.05, 4.69) is 41.0 Å². The van der Waals surface area contributed by atoms with Crippen LogP contribution in [0.2, 0.25) is 0 Å². The molecule has 2 unspecified atom stereocenters. The van der Waals surface area contributed by atoms with E-state index in [1.54, 1.807) is 11.1 Å². The SMILES string of the molecule is CCC(CN)N1CCN(CC2Cc3ccccc32)CC1. The molecule has 0 spiro atoms. The summed E-state index contributed by atoms with van der Waals surface area (Å²) >= 11 is 0. The highest BCUT2D eigenvalue weighted by atomic mass is 15.3. The number of nitrogens with zero attached hydrogens (tertiary/aromatic N) is 2. The second-order valence-corrected chi connectivity index (χ2v) is 6.23. The van der Waals surface area contributed by atoms with Crippen LogP contribution < -0.4 is 5.73 Å². The lowest BCUT2D eigenvalue weighted by molar-refractivity contribution is 0.0913. The van der Waals surface area contributed by atoms with Crippen LogP contribution in [0, 0.1) is 0 Å². The third kappa shape index (κ3) is 2.76. The Hall–Kier alpha value is -0.900. The summed E-state index contributed by atoms with van der Waals surface area (Å²) in [6, 6.07) is 9.50. The van der Waals surface area contributed by atoms with E-state index in [0.29, 0.717) is 6.04 Å². The Kier molecular flexibility index (Phi) is 4.39. The molecule has 2 atom stereocenters. The summed E-state index contributed by atoms with van der Waals surface area (Å²) < 4.78 is 0. The van der Waals surface area contributed by atoms with Crippen LogP contribution in [0.4, 0.5) is 0 Å². The molecule has 0 amide bonds. The summed E-state index contributed by atoms with van der Waals surface area (Å²) in [5, 5.41) is 0. The number of nitrogens with two attached hydrogens (primary N) is 1. The van der Waals surface area contributed by atoms with Crippen molar-refractivity contribution in [3.63, 3.8) is 0 Å². The third-order valence-corrected chi connectivity index (χ3v) is 5.11. The van der Waals surface area contributed by atoms with E-state index in [1.165, 1.54) is 45.6 Å². The van der Waals surface area contributed by atoms with E-state index < -0.39 is 0 Å². The summed E-state index contributed by atoms with van der Waals surface area (Å²) in [4.78, 5) is 5.21. The van der Waals surface area contributed by atoms with Crippen molar-refractivity contribution in [2.75, 3.05) is 39.3 Å². The molecular formula is C17H27N3. The lowest BCUT2D eigenvalue weighted by atomic mass is 9.77. The molecule has 1 aromatic rings. The van der Waals surface area contributed by atoms with Gasteiger partial charge in [-0.3, -0.25) is 4.90 Å². The van der Waals surface area contributed by atoms with Crippen LogP contribution in [-0.2, 0) is 6.42 Å². The molecule has 0 saturated carbocycles. The summed E-state index contributed by atoms with van der Waals surface area (Å²) in [6.45, 7) is 9.06. The van der Waals surface area contributed by atoms with Gasteiger partial charge in [0.1, 0.15) is 0 Å². The smallest absolute Gasteiger partial charge is 0.0216 e. The maximum absolute atomic E-state index is 5.86. The minimum Gasteiger partial charge on any atom is -0.329 e. The molecule has 3 nitrogen and oxygen atoms in total. The van der Waals surface area contributed by atoms with Crippen molar-refractivity contribution in [2.45, 2.75) is 31.7 Å². The van der Waals surface area contributed by atoms with Crippen molar-refractivity contribution in [3.05, 3.63) is 35.4 Å². The molecule has 2 aliphatic rings. The molecule has 1 saturated heterocycles. The van der Waals surface area contributed by atoms with E-state index in [-0.39, 0.29) is 0 Å². The van der Waals surface area contributed by atoms with Crippen molar-refractivity contribution in [1.82, 2.24) is 9.80 Å². The molecular weight excluding hydrogens is 246 g/mol. The number of rotatable bonds is 5. The van der Waals surface area contributed by atoms with Crippen molar-refractivity contribution >= 4 is 0 Å². The molecule has 110 valence electrons. The van der Waals surface area contributed by atoms with Crippen LogP contribution in [0.1, 0.15) is 30.4 Å². The Morgan fingerprint density at radius 3 is 2.60 bits per heavy atom. The minimum atomic E-state index is 0.585. The molecule has 1 heterocycles. The van der Waals surface area contributed by atoms with Crippen LogP contribution in [0.3, 0.4) is 0 Å². The highest BCUT2D eigenvalue weighted by molar-refractivity contribution is 5.40. The van der Waals surface area contributed by atoms with Gasteiger partial charge < -0.3 is 10.6 Å². The summed E-state index contributed by atoms with van der Waals surface area (Å²) in [5.41, 5.74) is 9.00. The molecule has 1 aromatic carbocycles. The van der Waals surface area contributed by atoms with Gasteiger partial charge in [0.25, 0.3) is 0 Å². The van der Waals surface area contributed by atoms with E-state index in [4.69, 9.17) is 5.73 Å². The normalized spacial score (nSPS) is 25.0. The predicted octanol–water partition coefficient (Wildman–Crippen LogP) is 1.68. The van der Waals surface area contributed by atoms with Crippen LogP contribution in [0.25, 0.3) is 0 Å². The second-order valence-electron chi connectivity index (χ2n) is 6.23. The summed E-state index contributed by atoms with van der Waals surface area (Å²) in [5.74, 6) is 0.772. The highest BCUT2D eigenvalue weighted by Crippen LogP contribution is 2.35. The topological polar surface area (TPSA) is 32.5 Å². The lowest BCUT2D eigenvalue weighted by Crippen LogP contribution is -2.53. The van der Waals surface area contributed by atoms with E-state index in [9.17, 15) is 0 Å².